The summed E-state index contributed by atoms with van der Waals surface area (Å²) < 4.78 is 0. The molecule has 2 aromatic rings. The molecule has 0 saturated carbocycles. The Morgan fingerprint density at radius 3 is 2.11 bits per heavy atom. The molecule has 0 aliphatic heterocycles. The molecule has 0 N–H and O–H groups in total. The van der Waals surface area contributed by atoms with Crippen LogP contribution < -0.4 is 0 Å². The van der Waals surface area contributed by atoms with E-state index in [1.54, 1.807) is 0 Å². The molecule has 0 amide bonds. The van der Waals surface area contributed by atoms with E-state index in [0.717, 1.165) is 18.7 Å². The first-order valence-corrected chi connectivity index (χ1v) is 6.43. The number of aromatic nitrogens is 1. The predicted molar refractivity (Wildman–Crippen MR) is 75.9 cm³/mol. The molecule has 0 fully saturated rings. The molecule has 0 bridgehead atoms. The maximum absolute atomic E-state index is 5.88. The highest BCUT2D eigenvalue weighted by Crippen LogP contribution is 2.16. The van der Waals surface area contributed by atoms with E-state index in [1.165, 1.54) is 5.56 Å². The Morgan fingerprint density at radius 2 is 1.50 bits per heavy atom. The molecular formula is C14H14Cl2N2. The molecule has 0 radical (unpaired) electrons. The van der Waals surface area contributed by atoms with E-state index in [0.29, 0.717) is 10.3 Å². The van der Waals surface area contributed by atoms with E-state index in [1.807, 2.05) is 30.3 Å². The summed E-state index contributed by atoms with van der Waals surface area (Å²) in [7, 11) is 2.06. The van der Waals surface area contributed by atoms with Crippen molar-refractivity contribution in [3.8, 4) is 0 Å². The second-order valence-electron chi connectivity index (χ2n) is 4.28. The molecule has 0 unspecified atom stereocenters. The number of benzene rings is 1. The Morgan fingerprint density at radius 1 is 0.944 bits per heavy atom. The molecule has 4 heteroatoms. The monoisotopic (exact) mass is 280 g/mol. The first kappa shape index (κ1) is 13.3. The lowest BCUT2D eigenvalue weighted by Gasteiger charge is -2.17. The summed E-state index contributed by atoms with van der Waals surface area (Å²) in [5.74, 6) is 0. The van der Waals surface area contributed by atoms with Crippen LogP contribution in [0.5, 0.6) is 0 Å². The number of hydrogen-bond donors (Lipinski definition) is 0. The zero-order valence-corrected chi connectivity index (χ0v) is 11.6. The van der Waals surface area contributed by atoms with Crippen molar-refractivity contribution in [2.45, 2.75) is 13.1 Å². The van der Waals surface area contributed by atoms with Gasteiger partial charge in [0.1, 0.15) is 10.3 Å². The first-order chi connectivity index (χ1) is 8.63. The van der Waals surface area contributed by atoms with Crippen LogP contribution in [0.15, 0.2) is 42.5 Å². The predicted octanol–water partition coefficient (Wildman–Crippen LogP) is 4.02. The number of rotatable bonds is 4. The highest BCUT2D eigenvalue weighted by atomic mass is 35.5. The first-order valence-electron chi connectivity index (χ1n) is 5.68. The van der Waals surface area contributed by atoms with Gasteiger partial charge in [-0.25, -0.2) is 4.98 Å². The molecular weight excluding hydrogens is 267 g/mol. The molecule has 1 aromatic heterocycles. The number of nitrogens with zero attached hydrogens (tertiary/aromatic N) is 2. The lowest BCUT2D eigenvalue weighted by Crippen LogP contribution is -2.17. The number of halogens is 2. The van der Waals surface area contributed by atoms with E-state index in [-0.39, 0.29) is 0 Å². The van der Waals surface area contributed by atoms with Gasteiger partial charge in [0.25, 0.3) is 0 Å². The summed E-state index contributed by atoms with van der Waals surface area (Å²) in [4.78, 5) is 6.14. The van der Waals surface area contributed by atoms with Crippen LogP contribution in [0.25, 0.3) is 0 Å². The fourth-order valence-electron chi connectivity index (χ4n) is 1.87. The van der Waals surface area contributed by atoms with Gasteiger partial charge in [-0.05, 0) is 30.3 Å². The van der Waals surface area contributed by atoms with Gasteiger partial charge in [-0.15, -0.1) is 0 Å². The van der Waals surface area contributed by atoms with Crippen LogP contribution in [-0.2, 0) is 13.1 Å². The van der Waals surface area contributed by atoms with Gasteiger partial charge < -0.3 is 0 Å². The molecule has 1 heterocycles. The summed E-state index contributed by atoms with van der Waals surface area (Å²) >= 11 is 11.8. The molecule has 1 aromatic carbocycles. The highest BCUT2D eigenvalue weighted by molar-refractivity contribution is 6.32. The van der Waals surface area contributed by atoms with Crippen LogP contribution in [0.2, 0.25) is 10.3 Å². The van der Waals surface area contributed by atoms with Crippen LogP contribution in [0, 0.1) is 0 Å². The number of pyridine rings is 1. The van der Waals surface area contributed by atoms with Crippen molar-refractivity contribution in [3.63, 3.8) is 0 Å². The third-order valence-electron chi connectivity index (χ3n) is 2.57. The summed E-state index contributed by atoms with van der Waals surface area (Å²) in [6.07, 6.45) is 0. The van der Waals surface area contributed by atoms with Crippen LogP contribution in [0.4, 0.5) is 0 Å². The van der Waals surface area contributed by atoms with Gasteiger partial charge in [0.2, 0.25) is 0 Å². The Kier molecular flexibility index (Phi) is 4.59. The molecule has 0 aliphatic rings. The fraction of sp³-hybridized carbons (Fsp3) is 0.214. The second-order valence-corrected chi connectivity index (χ2v) is 5.05. The van der Waals surface area contributed by atoms with Crippen LogP contribution in [0.1, 0.15) is 11.1 Å². The molecule has 2 nitrogen and oxygen atoms in total. The molecule has 0 aliphatic carbocycles. The van der Waals surface area contributed by atoms with Crippen molar-refractivity contribution in [3.05, 3.63) is 63.9 Å². The SMILES string of the molecule is CN(Cc1ccccc1)Cc1cc(Cl)nc(Cl)c1. The molecule has 0 atom stereocenters. The third kappa shape index (κ3) is 3.98. The molecule has 0 spiro atoms. The van der Waals surface area contributed by atoms with Gasteiger partial charge in [-0.1, -0.05) is 53.5 Å². The van der Waals surface area contributed by atoms with E-state index in [4.69, 9.17) is 23.2 Å². The minimum Gasteiger partial charge on any atom is -0.298 e. The standard InChI is InChI=1S/C14H14Cl2N2/c1-18(9-11-5-3-2-4-6-11)10-12-7-13(15)17-14(16)8-12/h2-8H,9-10H2,1H3. The normalized spacial score (nSPS) is 10.9. The summed E-state index contributed by atoms with van der Waals surface area (Å²) in [6, 6.07) is 14.0. The topological polar surface area (TPSA) is 16.1 Å². The van der Waals surface area contributed by atoms with Crippen molar-refractivity contribution in [2.24, 2.45) is 0 Å². The van der Waals surface area contributed by atoms with Crippen molar-refractivity contribution >= 4 is 23.2 Å². The van der Waals surface area contributed by atoms with Crippen LogP contribution in [0.3, 0.4) is 0 Å². The van der Waals surface area contributed by atoms with Gasteiger partial charge in [-0.3, -0.25) is 4.90 Å². The smallest absolute Gasteiger partial charge is 0.131 e. The van der Waals surface area contributed by atoms with E-state index in [2.05, 4.69) is 29.1 Å². The van der Waals surface area contributed by atoms with Gasteiger partial charge in [-0.2, -0.15) is 0 Å². The minimum atomic E-state index is 0.436. The number of hydrogen-bond acceptors (Lipinski definition) is 2. The van der Waals surface area contributed by atoms with E-state index in [9.17, 15) is 0 Å². The third-order valence-corrected chi connectivity index (χ3v) is 2.96. The maximum atomic E-state index is 5.88. The minimum absolute atomic E-state index is 0.436. The molecule has 2 rings (SSSR count). The Bertz CT molecular complexity index is 494. The Labute approximate surface area is 117 Å². The molecule has 0 saturated heterocycles. The lowest BCUT2D eigenvalue weighted by atomic mass is 10.2. The largest absolute Gasteiger partial charge is 0.298 e. The highest BCUT2D eigenvalue weighted by Gasteiger charge is 2.04. The molecule has 94 valence electrons. The quantitative estimate of drug-likeness (QED) is 0.787. The zero-order valence-electron chi connectivity index (χ0n) is 10.1. The van der Waals surface area contributed by atoms with Gasteiger partial charge >= 0.3 is 0 Å². The van der Waals surface area contributed by atoms with E-state index < -0.39 is 0 Å². The lowest BCUT2D eigenvalue weighted by molar-refractivity contribution is 0.319. The summed E-state index contributed by atoms with van der Waals surface area (Å²) in [5, 5.41) is 0.872. The van der Waals surface area contributed by atoms with Crippen molar-refractivity contribution in [2.75, 3.05) is 7.05 Å². The van der Waals surface area contributed by atoms with Crippen LogP contribution >= 0.6 is 23.2 Å². The summed E-state index contributed by atoms with van der Waals surface area (Å²) in [5.41, 5.74) is 2.35. The van der Waals surface area contributed by atoms with Gasteiger partial charge in [0.05, 0.1) is 0 Å². The maximum Gasteiger partial charge on any atom is 0.131 e. The van der Waals surface area contributed by atoms with Crippen molar-refractivity contribution < 1.29 is 0 Å². The second kappa shape index (κ2) is 6.19. The van der Waals surface area contributed by atoms with Gasteiger partial charge in [0.15, 0.2) is 0 Å². The van der Waals surface area contributed by atoms with Gasteiger partial charge in [0, 0.05) is 13.1 Å². The summed E-state index contributed by atoms with van der Waals surface area (Å²) in [6.45, 7) is 1.68. The average molecular weight is 281 g/mol. The van der Waals surface area contributed by atoms with E-state index >= 15 is 0 Å². The Balaban J connectivity index is 2.01. The average Bonchev–Trinajstić information content (AvgIpc) is 2.28. The van der Waals surface area contributed by atoms with Crippen molar-refractivity contribution in [1.82, 2.24) is 9.88 Å². The fourth-order valence-corrected chi connectivity index (χ4v) is 2.37. The van der Waals surface area contributed by atoms with Crippen molar-refractivity contribution in [1.29, 1.82) is 0 Å². The zero-order chi connectivity index (χ0) is 13.0. The Hall–Kier alpha value is -1.09. The molecule has 18 heavy (non-hydrogen) atoms. The van der Waals surface area contributed by atoms with Crippen LogP contribution in [-0.4, -0.2) is 16.9 Å².